The highest BCUT2D eigenvalue weighted by molar-refractivity contribution is 5.96. The standard InChI is InChI=1S/C20H24N2O3/c1-13-14(2)25-15(3)19(13)20(24)21-11-16-6-8-17(9-7-16)12-22-10-4-5-18(22)23/h6-9H,4-5,10-12H2,1-3H3,(H,21,24). The highest BCUT2D eigenvalue weighted by atomic mass is 16.3. The maximum Gasteiger partial charge on any atom is 0.255 e. The molecule has 1 saturated heterocycles. The number of amides is 2. The predicted octanol–water partition coefficient (Wildman–Crippen LogP) is 3.26. The smallest absolute Gasteiger partial charge is 0.255 e. The van der Waals surface area contributed by atoms with Gasteiger partial charge in [-0.1, -0.05) is 24.3 Å². The predicted molar refractivity (Wildman–Crippen MR) is 95.2 cm³/mol. The van der Waals surface area contributed by atoms with Crippen molar-refractivity contribution < 1.29 is 14.0 Å². The summed E-state index contributed by atoms with van der Waals surface area (Å²) in [6.07, 6.45) is 1.62. The normalized spacial score (nSPS) is 14.2. The van der Waals surface area contributed by atoms with Crippen LogP contribution in [0.4, 0.5) is 0 Å². The molecule has 0 spiro atoms. The van der Waals surface area contributed by atoms with Crippen LogP contribution in [0.3, 0.4) is 0 Å². The fourth-order valence-electron chi connectivity index (χ4n) is 3.25. The molecule has 0 unspecified atom stereocenters. The van der Waals surface area contributed by atoms with E-state index in [0.717, 1.165) is 35.4 Å². The quantitative estimate of drug-likeness (QED) is 0.909. The van der Waals surface area contributed by atoms with E-state index in [4.69, 9.17) is 4.42 Å². The third-order valence-electron chi connectivity index (χ3n) is 4.81. The molecule has 0 aliphatic carbocycles. The Balaban J connectivity index is 1.58. The summed E-state index contributed by atoms with van der Waals surface area (Å²) in [5.41, 5.74) is 3.66. The van der Waals surface area contributed by atoms with Crippen LogP contribution in [-0.4, -0.2) is 23.3 Å². The van der Waals surface area contributed by atoms with Crippen LogP contribution in [0.1, 0.15) is 51.4 Å². The van der Waals surface area contributed by atoms with Crippen LogP contribution in [0.5, 0.6) is 0 Å². The summed E-state index contributed by atoms with van der Waals surface area (Å²) in [6, 6.07) is 8.03. The summed E-state index contributed by atoms with van der Waals surface area (Å²) in [7, 11) is 0. The molecular formula is C20H24N2O3. The van der Waals surface area contributed by atoms with E-state index in [1.54, 1.807) is 0 Å². The lowest BCUT2D eigenvalue weighted by atomic mass is 10.1. The van der Waals surface area contributed by atoms with Gasteiger partial charge in [-0.25, -0.2) is 0 Å². The van der Waals surface area contributed by atoms with E-state index in [1.165, 1.54) is 0 Å². The lowest BCUT2D eigenvalue weighted by Gasteiger charge is -2.15. The van der Waals surface area contributed by atoms with Gasteiger partial charge in [0.15, 0.2) is 0 Å². The maximum absolute atomic E-state index is 12.4. The molecule has 2 heterocycles. The molecule has 1 fully saturated rings. The Morgan fingerprint density at radius 3 is 2.36 bits per heavy atom. The third kappa shape index (κ3) is 3.76. The number of furan rings is 1. The van der Waals surface area contributed by atoms with Crippen molar-refractivity contribution in [3.05, 3.63) is 58.0 Å². The first-order valence-electron chi connectivity index (χ1n) is 8.66. The van der Waals surface area contributed by atoms with Crippen LogP contribution >= 0.6 is 0 Å². The Labute approximate surface area is 148 Å². The molecule has 2 amide bonds. The Hall–Kier alpha value is -2.56. The highest BCUT2D eigenvalue weighted by Gasteiger charge is 2.20. The van der Waals surface area contributed by atoms with Gasteiger partial charge in [-0.2, -0.15) is 0 Å². The number of carbonyl (C=O) groups excluding carboxylic acids is 2. The largest absolute Gasteiger partial charge is 0.466 e. The van der Waals surface area contributed by atoms with Crippen molar-refractivity contribution in [3.8, 4) is 0 Å². The fourth-order valence-corrected chi connectivity index (χ4v) is 3.25. The minimum Gasteiger partial charge on any atom is -0.466 e. The number of likely N-dealkylation sites (tertiary alicyclic amines) is 1. The van der Waals surface area contributed by atoms with Gasteiger partial charge in [0.05, 0.1) is 5.56 Å². The van der Waals surface area contributed by atoms with Gasteiger partial charge >= 0.3 is 0 Å². The second-order valence-corrected chi connectivity index (χ2v) is 6.63. The zero-order valence-corrected chi connectivity index (χ0v) is 15.0. The number of nitrogens with one attached hydrogen (secondary N) is 1. The zero-order chi connectivity index (χ0) is 18.0. The Morgan fingerprint density at radius 2 is 1.80 bits per heavy atom. The lowest BCUT2D eigenvalue weighted by Crippen LogP contribution is -2.24. The van der Waals surface area contributed by atoms with Gasteiger partial charge in [-0.15, -0.1) is 0 Å². The zero-order valence-electron chi connectivity index (χ0n) is 15.0. The minimum absolute atomic E-state index is 0.112. The van der Waals surface area contributed by atoms with E-state index >= 15 is 0 Å². The van der Waals surface area contributed by atoms with Crippen molar-refractivity contribution in [2.45, 2.75) is 46.7 Å². The number of hydrogen-bond donors (Lipinski definition) is 1. The van der Waals surface area contributed by atoms with Crippen molar-refractivity contribution >= 4 is 11.8 Å². The van der Waals surface area contributed by atoms with E-state index in [9.17, 15) is 9.59 Å². The van der Waals surface area contributed by atoms with Crippen LogP contribution < -0.4 is 5.32 Å². The van der Waals surface area contributed by atoms with Crippen LogP contribution in [0, 0.1) is 20.8 Å². The Morgan fingerprint density at radius 1 is 1.12 bits per heavy atom. The number of hydrogen-bond acceptors (Lipinski definition) is 3. The topological polar surface area (TPSA) is 62.6 Å². The second-order valence-electron chi connectivity index (χ2n) is 6.63. The van der Waals surface area contributed by atoms with Crippen molar-refractivity contribution in [1.29, 1.82) is 0 Å². The molecule has 5 heteroatoms. The van der Waals surface area contributed by atoms with Crippen LogP contribution in [-0.2, 0) is 17.9 Å². The molecule has 3 rings (SSSR count). The van der Waals surface area contributed by atoms with E-state index in [-0.39, 0.29) is 11.8 Å². The second kappa shape index (κ2) is 7.13. The van der Waals surface area contributed by atoms with Gasteiger partial charge in [-0.3, -0.25) is 9.59 Å². The molecule has 1 N–H and O–H groups in total. The van der Waals surface area contributed by atoms with Gasteiger partial charge in [0, 0.05) is 31.6 Å². The van der Waals surface area contributed by atoms with Crippen molar-refractivity contribution in [2.75, 3.05) is 6.54 Å². The molecule has 0 saturated carbocycles. The molecule has 0 bridgehead atoms. The van der Waals surface area contributed by atoms with Gasteiger partial charge in [0.25, 0.3) is 5.91 Å². The molecule has 0 atom stereocenters. The summed E-state index contributed by atoms with van der Waals surface area (Å²) < 4.78 is 5.51. The van der Waals surface area contributed by atoms with Gasteiger partial charge in [0.1, 0.15) is 11.5 Å². The van der Waals surface area contributed by atoms with E-state index < -0.39 is 0 Å². The van der Waals surface area contributed by atoms with Crippen molar-refractivity contribution in [3.63, 3.8) is 0 Å². The van der Waals surface area contributed by atoms with Crippen LogP contribution in [0.25, 0.3) is 0 Å². The minimum atomic E-state index is -0.112. The monoisotopic (exact) mass is 340 g/mol. The molecule has 1 aliphatic rings. The summed E-state index contributed by atoms with van der Waals surface area (Å²) in [6.45, 7) is 7.55. The van der Waals surface area contributed by atoms with Crippen molar-refractivity contribution in [1.82, 2.24) is 10.2 Å². The van der Waals surface area contributed by atoms with Crippen LogP contribution in [0.15, 0.2) is 28.7 Å². The first-order valence-corrected chi connectivity index (χ1v) is 8.66. The molecule has 0 radical (unpaired) electrons. The SMILES string of the molecule is Cc1oc(C)c(C(=O)NCc2ccc(CN3CCCC3=O)cc2)c1C. The molecule has 25 heavy (non-hydrogen) atoms. The molecule has 2 aromatic rings. The Kier molecular flexibility index (Phi) is 4.93. The Bertz CT molecular complexity index is 790. The molecular weight excluding hydrogens is 316 g/mol. The first kappa shape index (κ1) is 17.3. The third-order valence-corrected chi connectivity index (χ3v) is 4.81. The lowest BCUT2D eigenvalue weighted by molar-refractivity contribution is -0.128. The average Bonchev–Trinajstić information content (AvgIpc) is 3.09. The molecule has 5 nitrogen and oxygen atoms in total. The van der Waals surface area contributed by atoms with E-state index in [0.29, 0.717) is 30.8 Å². The number of nitrogens with zero attached hydrogens (tertiary/aromatic N) is 1. The molecule has 132 valence electrons. The summed E-state index contributed by atoms with van der Waals surface area (Å²) in [5, 5.41) is 2.95. The van der Waals surface area contributed by atoms with Crippen molar-refractivity contribution in [2.24, 2.45) is 0 Å². The number of benzene rings is 1. The first-order chi connectivity index (χ1) is 12.0. The van der Waals surface area contributed by atoms with Crippen LogP contribution in [0.2, 0.25) is 0 Å². The average molecular weight is 340 g/mol. The highest BCUT2D eigenvalue weighted by Crippen LogP contribution is 2.20. The summed E-state index contributed by atoms with van der Waals surface area (Å²) >= 11 is 0. The number of aryl methyl sites for hydroxylation is 2. The summed E-state index contributed by atoms with van der Waals surface area (Å²) in [5.74, 6) is 1.55. The molecule has 1 aliphatic heterocycles. The van der Waals surface area contributed by atoms with Gasteiger partial charge < -0.3 is 14.6 Å². The number of carbonyl (C=O) groups is 2. The summed E-state index contributed by atoms with van der Waals surface area (Å²) in [4.78, 5) is 26.0. The fraction of sp³-hybridized carbons (Fsp3) is 0.400. The van der Waals surface area contributed by atoms with E-state index in [1.807, 2.05) is 49.9 Å². The van der Waals surface area contributed by atoms with E-state index in [2.05, 4.69) is 5.32 Å². The van der Waals surface area contributed by atoms with Gasteiger partial charge in [-0.05, 0) is 38.3 Å². The maximum atomic E-state index is 12.4. The van der Waals surface area contributed by atoms with Gasteiger partial charge in [0.2, 0.25) is 5.91 Å². The molecule has 1 aromatic heterocycles. The number of rotatable bonds is 5. The molecule has 1 aromatic carbocycles.